The molecule has 0 amide bonds. The van der Waals surface area contributed by atoms with E-state index in [4.69, 9.17) is 0 Å². The standard InChI is InChI=1S/C7H11BrS2/c1-3-6-5-7(4-2)10(8)9-6/h5H,3-4H2,1-2H3. The Kier molecular flexibility index (Phi) is 3.53. The van der Waals surface area contributed by atoms with Crippen molar-refractivity contribution in [2.45, 2.75) is 26.7 Å². The van der Waals surface area contributed by atoms with E-state index in [0.29, 0.717) is 7.95 Å². The van der Waals surface area contributed by atoms with Crippen LogP contribution in [-0.4, -0.2) is 4.86 Å². The van der Waals surface area contributed by atoms with Crippen LogP contribution in [-0.2, 0) is 0 Å². The van der Waals surface area contributed by atoms with Gasteiger partial charge in [0.15, 0.2) is 0 Å². The zero-order valence-electron chi connectivity index (χ0n) is 6.19. The van der Waals surface area contributed by atoms with Gasteiger partial charge in [-0.1, -0.05) is 32.6 Å². The molecule has 0 spiro atoms. The van der Waals surface area contributed by atoms with E-state index in [2.05, 4.69) is 34.7 Å². The normalized spacial score (nSPS) is 25.3. The van der Waals surface area contributed by atoms with E-state index in [9.17, 15) is 0 Å². The fourth-order valence-electron chi connectivity index (χ4n) is 0.774. The first-order valence-electron chi connectivity index (χ1n) is 3.43. The van der Waals surface area contributed by atoms with E-state index in [0.717, 1.165) is 0 Å². The van der Waals surface area contributed by atoms with Crippen molar-refractivity contribution in [3.63, 3.8) is 0 Å². The van der Waals surface area contributed by atoms with Gasteiger partial charge >= 0.3 is 0 Å². The molecule has 10 heavy (non-hydrogen) atoms. The Bertz CT molecular complexity index is 194. The van der Waals surface area contributed by atoms with Crippen molar-refractivity contribution >= 4 is 38.4 Å². The highest BCUT2D eigenvalue weighted by Gasteiger charge is 2.10. The van der Waals surface area contributed by atoms with Gasteiger partial charge in [0.1, 0.15) is 0 Å². The molecule has 58 valence electrons. The first-order valence-corrected chi connectivity index (χ1v) is 7.83. The Labute approximate surface area is 76.0 Å². The highest BCUT2D eigenvalue weighted by atomic mass is 79.9. The fourth-order valence-corrected chi connectivity index (χ4v) is 6.29. The van der Waals surface area contributed by atoms with Crippen molar-refractivity contribution in [2.75, 3.05) is 0 Å². The largest absolute Gasteiger partial charge is 0.0608 e. The lowest BCUT2D eigenvalue weighted by Gasteiger charge is -1.94. The van der Waals surface area contributed by atoms with E-state index in [1.165, 1.54) is 17.7 Å². The minimum Gasteiger partial charge on any atom is -0.0608 e. The molecule has 1 atom stereocenters. The van der Waals surface area contributed by atoms with Gasteiger partial charge < -0.3 is 0 Å². The summed E-state index contributed by atoms with van der Waals surface area (Å²) in [7, 11) is 2.28. The van der Waals surface area contributed by atoms with Crippen molar-refractivity contribution in [1.82, 2.24) is 0 Å². The lowest BCUT2D eigenvalue weighted by Crippen LogP contribution is -1.83. The average molecular weight is 239 g/mol. The lowest BCUT2D eigenvalue weighted by atomic mass is 10.3. The number of hydrogen-bond acceptors (Lipinski definition) is 1. The quantitative estimate of drug-likeness (QED) is 0.516. The molecule has 0 aromatic heterocycles. The van der Waals surface area contributed by atoms with E-state index >= 15 is 0 Å². The van der Waals surface area contributed by atoms with Crippen LogP contribution in [0.1, 0.15) is 26.7 Å². The predicted octanol–water partition coefficient (Wildman–Crippen LogP) is 4.10. The van der Waals surface area contributed by atoms with Gasteiger partial charge in [-0.2, -0.15) is 0 Å². The molecule has 0 saturated carbocycles. The van der Waals surface area contributed by atoms with Crippen molar-refractivity contribution in [3.8, 4) is 0 Å². The number of hydrogen-bond donors (Lipinski definition) is 0. The molecular weight excluding hydrogens is 228 g/mol. The van der Waals surface area contributed by atoms with Gasteiger partial charge in [-0.15, -0.1) is 0 Å². The minimum atomic E-state index is 0.313. The number of rotatable bonds is 2. The molecule has 0 nitrogen and oxygen atoms in total. The zero-order chi connectivity index (χ0) is 7.56. The van der Waals surface area contributed by atoms with Gasteiger partial charge in [-0.05, 0) is 43.5 Å². The molecule has 1 aliphatic rings. The van der Waals surface area contributed by atoms with Crippen molar-refractivity contribution in [3.05, 3.63) is 11.0 Å². The third-order valence-electron chi connectivity index (χ3n) is 1.41. The van der Waals surface area contributed by atoms with Crippen molar-refractivity contribution in [1.29, 1.82) is 0 Å². The van der Waals surface area contributed by atoms with Crippen molar-refractivity contribution < 1.29 is 0 Å². The number of halogens is 1. The highest BCUT2D eigenvalue weighted by molar-refractivity contribution is 9.64. The molecule has 0 aliphatic carbocycles. The molecular formula is C7H11BrS2. The second-order valence-electron chi connectivity index (χ2n) is 2.09. The topological polar surface area (TPSA) is 0 Å². The van der Waals surface area contributed by atoms with E-state index in [-0.39, 0.29) is 0 Å². The van der Waals surface area contributed by atoms with Crippen LogP contribution in [0.2, 0.25) is 0 Å². The highest BCUT2D eigenvalue weighted by Crippen LogP contribution is 2.50. The first kappa shape index (κ1) is 8.88. The zero-order valence-corrected chi connectivity index (χ0v) is 9.41. The molecule has 1 heterocycles. The van der Waals surface area contributed by atoms with Gasteiger partial charge in [-0.3, -0.25) is 0 Å². The van der Waals surface area contributed by atoms with Crippen LogP contribution < -0.4 is 0 Å². The summed E-state index contributed by atoms with van der Waals surface area (Å²) in [6.07, 6.45) is 4.71. The molecule has 1 aliphatic heterocycles. The molecule has 0 bridgehead atoms. The average Bonchev–Trinajstić information content (AvgIpc) is 2.30. The Morgan fingerprint density at radius 1 is 1.50 bits per heavy atom. The van der Waals surface area contributed by atoms with Crippen molar-refractivity contribution in [2.24, 2.45) is 0 Å². The second-order valence-corrected chi connectivity index (χ2v) is 8.48. The van der Waals surface area contributed by atoms with Gasteiger partial charge in [0.25, 0.3) is 0 Å². The maximum atomic E-state index is 3.65. The predicted molar refractivity (Wildman–Crippen MR) is 57.8 cm³/mol. The van der Waals surface area contributed by atoms with Crippen LogP contribution >= 0.6 is 33.6 Å². The maximum absolute atomic E-state index is 3.65. The van der Waals surface area contributed by atoms with Crippen LogP contribution in [0.5, 0.6) is 0 Å². The van der Waals surface area contributed by atoms with Gasteiger partial charge in [0.2, 0.25) is 0 Å². The summed E-state index contributed by atoms with van der Waals surface area (Å²) in [6.45, 7) is 4.42. The van der Waals surface area contributed by atoms with Gasteiger partial charge in [0, 0.05) is 0 Å². The summed E-state index contributed by atoms with van der Waals surface area (Å²) < 4.78 is 0. The third kappa shape index (κ3) is 1.89. The Balaban J connectivity index is 2.68. The first-order chi connectivity index (χ1) is 4.77. The molecule has 0 fully saturated rings. The Morgan fingerprint density at radius 2 is 2.20 bits per heavy atom. The molecule has 1 unspecified atom stereocenters. The molecule has 0 aromatic carbocycles. The van der Waals surface area contributed by atoms with Crippen LogP contribution in [0.3, 0.4) is 0 Å². The minimum absolute atomic E-state index is 0.313. The maximum Gasteiger partial charge on any atom is -0.00310 e. The third-order valence-corrected chi connectivity index (χ3v) is 7.15. The van der Waals surface area contributed by atoms with Gasteiger partial charge in [0.05, 0.1) is 0 Å². The monoisotopic (exact) mass is 238 g/mol. The van der Waals surface area contributed by atoms with Crippen LogP contribution in [0.25, 0.3) is 0 Å². The summed E-state index contributed by atoms with van der Waals surface area (Å²) in [4.78, 5) is 3.08. The van der Waals surface area contributed by atoms with Crippen LogP contribution in [0.15, 0.2) is 11.0 Å². The summed E-state index contributed by atoms with van der Waals surface area (Å²) >= 11 is 3.65. The van der Waals surface area contributed by atoms with Crippen LogP contribution in [0.4, 0.5) is 0 Å². The molecule has 3 heteroatoms. The molecule has 0 N–H and O–H groups in total. The summed E-state index contributed by atoms with van der Waals surface area (Å²) in [5.74, 6) is 0. The summed E-state index contributed by atoms with van der Waals surface area (Å²) in [5, 5.41) is 0. The smallest absolute Gasteiger partial charge is 0.00310 e. The fraction of sp³-hybridized carbons (Fsp3) is 0.571. The van der Waals surface area contributed by atoms with E-state index < -0.39 is 0 Å². The Hall–Kier alpha value is 0.790. The second kappa shape index (κ2) is 3.98. The van der Waals surface area contributed by atoms with E-state index in [1.807, 2.05) is 10.8 Å². The molecule has 1 rings (SSSR count). The van der Waals surface area contributed by atoms with Gasteiger partial charge in [-0.25, -0.2) is 0 Å². The molecule has 0 aromatic rings. The summed E-state index contributed by atoms with van der Waals surface area (Å²) in [6, 6.07) is 0. The van der Waals surface area contributed by atoms with Crippen LogP contribution in [0, 0.1) is 0 Å². The summed E-state index contributed by atoms with van der Waals surface area (Å²) in [5.41, 5.74) is 0. The SMILES string of the molecule is CCC1=CC(CC)=S(Br)S1. The number of allylic oxidation sites excluding steroid dienone is 2. The van der Waals surface area contributed by atoms with E-state index in [1.54, 1.807) is 4.86 Å². The lowest BCUT2D eigenvalue weighted by molar-refractivity contribution is 1.20. The molecule has 0 saturated heterocycles. The Morgan fingerprint density at radius 3 is 2.50 bits per heavy atom. The molecule has 0 radical (unpaired) electrons.